The summed E-state index contributed by atoms with van der Waals surface area (Å²) in [5.41, 5.74) is 3.03. The third-order valence-corrected chi connectivity index (χ3v) is 4.92. The predicted molar refractivity (Wildman–Crippen MR) is 103 cm³/mol. The van der Waals surface area contributed by atoms with Crippen molar-refractivity contribution in [2.24, 2.45) is 0 Å². The molecular weight excluding hydrogens is 358 g/mol. The molecule has 0 saturated heterocycles. The van der Waals surface area contributed by atoms with Gasteiger partial charge >= 0.3 is 0 Å². The van der Waals surface area contributed by atoms with Gasteiger partial charge in [0.25, 0.3) is 10.0 Å². The van der Waals surface area contributed by atoms with Gasteiger partial charge < -0.3 is 10.6 Å². The number of benzene rings is 2. The number of anilines is 2. The zero-order valence-corrected chi connectivity index (χ0v) is 15.7. The Kier molecular flexibility index (Phi) is 5.76. The Morgan fingerprint density at radius 2 is 1.68 bits per heavy atom. The topological polar surface area (TPSA) is 87.3 Å². The van der Waals surface area contributed by atoms with E-state index in [1.54, 1.807) is 18.2 Å². The lowest BCUT2D eigenvalue weighted by Crippen LogP contribution is -2.32. The average Bonchev–Trinajstić information content (AvgIpc) is 2.50. The van der Waals surface area contributed by atoms with Crippen molar-refractivity contribution in [2.45, 2.75) is 25.7 Å². The number of thiocarbonyl (C=S) groups is 1. The quantitative estimate of drug-likeness (QED) is 0.713. The number of carbonyl (C=O) groups is 1. The summed E-state index contributed by atoms with van der Waals surface area (Å²) in [6.07, 6.45) is 0. The smallest absolute Gasteiger partial charge is 0.261 e. The molecule has 1 amide bonds. The van der Waals surface area contributed by atoms with E-state index in [0.717, 1.165) is 11.1 Å². The van der Waals surface area contributed by atoms with Gasteiger partial charge in [0.1, 0.15) is 0 Å². The van der Waals surface area contributed by atoms with Gasteiger partial charge in [0.15, 0.2) is 5.11 Å². The van der Waals surface area contributed by atoms with Crippen molar-refractivity contribution in [3.05, 3.63) is 53.6 Å². The molecule has 25 heavy (non-hydrogen) atoms. The second kappa shape index (κ2) is 7.62. The number of hydrogen-bond acceptors (Lipinski definition) is 4. The number of aryl methyl sites for hydroxylation is 2. The Hall–Kier alpha value is -2.45. The largest absolute Gasteiger partial charge is 0.332 e. The maximum Gasteiger partial charge on any atom is 0.261 e. The molecule has 0 heterocycles. The van der Waals surface area contributed by atoms with Crippen molar-refractivity contribution < 1.29 is 13.2 Å². The minimum absolute atomic E-state index is 0.128. The number of sulfonamides is 1. The van der Waals surface area contributed by atoms with E-state index in [1.807, 2.05) is 26.0 Å². The normalized spacial score (nSPS) is 10.8. The molecule has 8 heteroatoms. The lowest BCUT2D eigenvalue weighted by molar-refractivity contribution is -0.117. The zero-order chi connectivity index (χ0) is 18.6. The average molecular weight is 377 g/mol. The highest BCUT2D eigenvalue weighted by atomic mass is 32.2. The Labute approximate surface area is 152 Å². The van der Waals surface area contributed by atoms with E-state index < -0.39 is 10.0 Å². The lowest BCUT2D eigenvalue weighted by Gasteiger charge is -2.12. The van der Waals surface area contributed by atoms with Crippen LogP contribution in [0.15, 0.2) is 47.4 Å². The Bertz CT molecular complexity index is 907. The van der Waals surface area contributed by atoms with Crippen LogP contribution >= 0.6 is 12.2 Å². The highest BCUT2D eigenvalue weighted by Crippen LogP contribution is 2.21. The molecule has 0 bridgehead atoms. The van der Waals surface area contributed by atoms with Crippen LogP contribution in [-0.4, -0.2) is 19.4 Å². The van der Waals surface area contributed by atoms with E-state index in [1.165, 1.54) is 19.1 Å². The third-order valence-electron chi connectivity index (χ3n) is 3.34. The molecule has 132 valence electrons. The van der Waals surface area contributed by atoms with E-state index >= 15 is 0 Å². The van der Waals surface area contributed by atoms with Gasteiger partial charge in [-0.15, -0.1) is 0 Å². The number of hydrogen-bond donors (Lipinski definition) is 3. The molecule has 0 aliphatic rings. The first-order valence-electron chi connectivity index (χ1n) is 7.46. The molecular formula is C17H19N3O3S2. The standard InChI is InChI=1S/C17H19N3O3S2/c1-11-4-9-16(12(2)10-11)20-25(22,23)15-7-5-14(6-8-15)19-17(24)18-13(3)21/h4-10,20H,1-3H3,(H2,18,19,21,24). The molecule has 2 rings (SSSR count). The van der Waals surface area contributed by atoms with Crippen molar-refractivity contribution in [1.29, 1.82) is 0 Å². The van der Waals surface area contributed by atoms with Gasteiger partial charge in [-0.25, -0.2) is 8.42 Å². The first kappa shape index (κ1) is 18.9. The van der Waals surface area contributed by atoms with Crippen LogP contribution in [0.5, 0.6) is 0 Å². The minimum atomic E-state index is -3.69. The lowest BCUT2D eigenvalue weighted by atomic mass is 10.1. The van der Waals surface area contributed by atoms with E-state index in [9.17, 15) is 13.2 Å². The van der Waals surface area contributed by atoms with Crippen LogP contribution in [0.1, 0.15) is 18.1 Å². The molecule has 0 aliphatic carbocycles. The van der Waals surface area contributed by atoms with Gasteiger partial charge in [-0.3, -0.25) is 9.52 Å². The van der Waals surface area contributed by atoms with Gasteiger partial charge in [0.05, 0.1) is 10.6 Å². The van der Waals surface area contributed by atoms with E-state index in [-0.39, 0.29) is 15.9 Å². The van der Waals surface area contributed by atoms with Crippen molar-refractivity contribution in [3.8, 4) is 0 Å². The summed E-state index contributed by atoms with van der Waals surface area (Å²) >= 11 is 4.96. The molecule has 3 N–H and O–H groups in total. The number of rotatable bonds is 4. The number of amides is 1. The predicted octanol–water partition coefficient (Wildman–Crippen LogP) is 2.94. The van der Waals surface area contributed by atoms with Crippen molar-refractivity contribution in [2.75, 3.05) is 10.0 Å². The van der Waals surface area contributed by atoms with Crippen LogP contribution in [-0.2, 0) is 14.8 Å². The van der Waals surface area contributed by atoms with Crippen LogP contribution in [0.3, 0.4) is 0 Å². The van der Waals surface area contributed by atoms with Crippen LogP contribution in [0.2, 0.25) is 0 Å². The summed E-state index contributed by atoms with van der Waals surface area (Å²) in [6.45, 7) is 5.14. The third kappa shape index (κ3) is 5.27. The first-order valence-corrected chi connectivity index (χ1v) is 9.35. The summed E-state index contributed by atoms with van der Waals surface area (Å²) in [7, 11) is -3.69. The Morgan fingerprint density at radius 3 is 2.24 bits per heavy atom. The van der Waals surface area contributed by atoms with Gasteiger partial charge in [0, 0.05) is 12.6 Å². The monoisotopic (exact) mass is 377 g/mol. The van der Waals surface area contributed by atoms with Gasteiger partial charge in [-0.05, 0) is 62.0 Å². The summed E-state index contributed by atoms with van der Waals surface area (Å²) in [5, 5.41) is 5.38. The van der Waals surface area contributed by atoms with Crippen LogP contribution in [0.25, 0.3) is 0 Å². The Balaban J connectivity index is 2.14. The van der Waals surface area contributed by atoms with Crippen molar-refractivity contribution in [3.63, 3.8) is 0 Å². The van der Waals surface area contributed by atoms with Crippen molar-refractivity contribution >= 4 is 44.6 Å². The summed E-state index contributed by atoms with van der Waals surface area (Å²) in [6, 6.07) is 11.6. The molecule has 0 unspecified atom stereocenters. The highest BCUT2D eigenvalue weighted by Gasteiger charge is 2.15. The fourth-order valence-electron chi connectivity index (χ4n) is 2.17. The van der Waals surface area contributed by atoms with E-state index in [4.69, 9.17) is 12.2 Å². The maximum atomic E-state index is 12.5. The molecule has 2 aromatic carbocycles. The van der Waals surface area contributed by atoms with Gasteiger partial charge in [0.2, 0.25) is 5.91 Å². The van der Waals surface area contributed by atoms with Gasteiger partial charge in [-0.1, -0.05) is 17.7 Å². The number of carbonyl (C=O) groups excluding carboxylic acids is 1. The van der Waals surface area contributed by atoms with E-state index in [0.29, 0.717) is 11.4 Å². The molecule has 0 atom stereocenters. The van der Waals surface area contributed by atoms with E-state index in [2.05, 4.69) is 15.4 Å². The van der Waals surface area contributed by atoms with Crippen molar-refractivity contribution in [1.82, 2.24) is 5.32 Å². The zero-order valence-electron chi connectivity index (χ0n) is 14.1. The molecule has 2 aromatic rings. The second-order valence-corrected chi connectivity index (χ2v) is 7.67. The first-order chi connectivity index (χ1) is 11.7. The number of nitrogens with one attached hydrogen (secondary N) is 3. The molecule has 0 aliphatic heterocycles. The summed E-state index contributed by atoms with van der Waals surface area (Å²) in [5.74, 6) is -0.283. The molecule has 6 nitrogen and oxygen atoms in total. The fraction of sp³-hybridized carbons (Fsp3) is 0.176. The summed E-state index contributed by atoms with van der Waals surface area (Å²) in [4.78, 5) is 11.1. The molecule has 0 radical (unpaired) electrons. The Morgan fingerprint density at radius 1 is 1.04 bits per heavy atom. The minimum Gasteiger partial charge on any atom is -0.332 e. The van der Waals surface area contributed by atoms with Crippen LogP contribution < -0.4 is 15.4 Å². The van der Waals surface area contributed by atoms with Crippen LogP contribution in [0.4, 0.5) is 11.4 Å². The molecule has 0 aromatic heterocycles. The second-order valence-electron chi connectivity index (χ2n) is 5.58. The molecule has 0 saturated carbocycles. The highest BCUT2D eigenvalue weighted by molar-refractivity contribution is 7.92. The maximum absolute atomic E-state index is 12.5. The fourth-order valence-corrected chi connectivity index (χ4v) is 3.56. The summed E-state index contributed by atoms with van der Waals surface area (Å²) < 4.78 is 27.6. The molecule has 0 spiro atoms. The van der Waals surface area contributed by atoms with Gasteiger partial charge in [-0.2, -0.15) is 0 Å². The molecule has 0 fully saturated rings. The van der Waals surface area contributed by atoms with Crippen LogP contribution in [0, 0.1) is 13.8 Å². The SMILES string of the molecule is CC(=O)NC(=S)Nc1ccc(S(=O)(=O)Nc2ccc(C)cc2C)cc1.